The first-order chi connectivity index (χ1) is 9.47. The van der Waals surface area contributed by atoms with Crippen molar-refractivity contribution in [1.82, 2.24) is 4.98 Å². The van der Waals surface area contributed by atoms with E-state index < -0.39 is 5.97 Å². The molecular weight excluding hydrogens is 256 g/mol. The summed E-state index contributed by atoms with van der Waals surface area (Å²) in [6.45, 7) is 4.30. The number of aliphatic hydroxyl groups excluding tert-OH is 1. The Bertz CT molecular complexity index is 508. The molecule has 110 valence electrons. The van der Waals surface area contributed by atoms with Crippen molar-refractivity contribution in [2.75, 3.05) is 18.5 Å². The summed E-state index contributed by atoms with van der Waals surface area (Å²) in [5, 5.41) is 22.2. The molecule has 0 aromatic carbocycles. The van der Waals surface area contributed by atoms with Crippen molar-refractivity contribution >= 4 is 11.7 Å². The van der Waals surface area contributed by atoms with E-state index in [-0.39, 0.29) is 17.6 Å². The molecule has 0 saturated heterocycles. The van der Waals surface area contributed by atoms with Gasteiger partial charge in [-0.05, 0) is 32.8 Å². The summed E-state index contributed by atoms with van der Waals surface area (Å²) in [5.41, 5.74) is 2.02. The zero-order chi connectivity index (χ0) is 14.8. The SMILES string of the molecule is Cc1cc(NCC2(CO)CCCC2)c(C(=O)O)c(C)n1. The van der Waals surface area contributed by atoms with Crippen LogP contribution in [0.3, 0.4) is 0 Å². The van der Waals surface area contributed by atoms with Crippen LogP contribution in [0.25, 0.3) is 0 Å². The van der Waals surface area contributed by atoms with Gasteiger partial charge in [0.25, 0.3) is 0 Å². The summed E-state index contributed by atoms with van der Waals surface area (Å²) >= 11 is 0. The van der Waals surface area contributed by atoms with Gasteiger partial charge in [-0.3, -0.25) is 4.98 Å². The Hall–Kier alpha value is -1.62. The van der Waals surface area contributed by atoms with Gasteiger partial charge in [0, 0.05) is 17.7 Å². The van der Waals surface area contributed by atoms with E-state index in [2.05, 4.69) is 10.3 Å². The molecule has 1 aliphatic carbocycles. The van der Waals surface area contributed by atoms with Crippen molar-refractivity contribution < 1.29 is 15.0 Å². The zero-order valence-corrected chi connectivity index (χ0v) is 12.1. The zero-order valence-electron chi connectivity index (χ0n) is 12.1. The third-order valence-electron chi connectivity index (χ3n) is 4.20. The van der Waals surface area contributed by atoms with Gasteiger partial charge >= 0.3 is 5.97 Å². The van der Waals surface area contributed by atoms with E-state index >= 15 is 0 Å². The van der Waals surface area contributed by atoms with Gasteiger partial charge in [0.15, 0.2) is 0 Å². The van der Waals surface area contributed by atoms with Crippen molar-refractivity contribution in [3.63, 3.8) is 0 Å². The fourth-order valence-electron chi connectivity index (χ4n) is 3.04. The van der Waals surface area contributed by atoms with Crippen LogP contribution in [-0.4, -0.2) is 34.3 Å². The number of carboxylic acids is 1. The van der Waals surface area contributed by atoms with Crippen LogP contribution in [0, 0.1) is 19.3 Å². The number of nitrogens with zero attached hydrogens (tertiary/aromatic N) is 1. The predicted molar refractivity (Wildman–Crippen MR) is 77.1 cm³/mol. The molecule has 0 atom stereocenters. The molecule has 2 rings (SSSR count). The Morgan fingerprint density at radius 1 is 1.40 bits per heavy atom. The number of anilines is 1. The molecule has 0 spiro atoms. The minimum atomic E-state index is -0.970. The molecule has 1 saturated carbocycles. The average molecular weight is 278 g/mol. The van der Waals surface area contributed by atoms with Gasteiger partial charge in [-0.15, -0.1) is 0 Å². The van der Waals surface area contributed by atoms with Crippen LogP contribution in [0.2, 0.25) is 0 Å². The number of pyridine rings is 1. The molecule has 0 radical (unpaired) electrons. The normalized spacial score (nSPS) is 17.1. The number of aliphatic hydroxyl groups is 1. The fraction of sp³-hybridized carbons (Fsp3) is 0.600. The molecule has 1 aromatic rings. The summed E-state index contributed by atoms with van der Waals surface area (Å²) in [6, 6.07) is 1.76. The van der Waals surface area contributed by atoms with Crippen molar-refractivity contribution in [3.05, 3.63) is 23.0 Å². The van der Waals surface area contributed by atoms with Crippen LogP contribution in [0.4, 0.5) is 5.69 Å². The molecule has 5 heteroatoms. The molecule has 0 aliphatic heterocycles. The Morgan fingerprint density at radius 2 is 2.05 bits per heavy atom. The van der Waals surface area contributed by atoms with Gasteiger partial charge in [0.05, 0.1) is 18.0 Å². The van der Waals surface area contributed by atoms with Crippen molar-refractivity contribution in [2.45, 2.75) is 39.5 Å². The second-order valence-electron chi connectivity index (χ2n) is 5.80. The van der Waals surface area contributed by atoms with E-state index in [1.165, 1.54) is 0 Å². The Kier molecular flexibility index (Phi) is 4.28. The van der Waals surface area contributed by atoms with Gasteiger partial charge in [0.2, 0.25) is 0 Å². The first kappa shape index (κ1) is 14.8. The highest BCUT2D eigenvalue weighted by atomic mass is 16.4. The number of hydrogen-bond acceptors (Lipinski definition) is 4. The quantitative estimate of drug-likeness (QED) is 0.770. The molecule has 0 bridgehead atoms. The van der Waals surface area contributed by atoms with Crippen LogP contribution in [0.15, 0.2) is 6.07 Å². The van der Waals surface area contributed by atoms with E-state index in [4.69, 9.17) is 0 Å². The highest BCUT2D eigenvalue weighted by molar-refractivity contribution is 5.95. The number of hydrogen-bond donors (Lipinski definition) is 3. The molecule has 5 nitrogen and oxygen atoms in total. The fourth-order valence-corrected chi connectivity index (χ4v) is 3.04. The number of carboxylic acid groups (broad SMARTS) is 1. The highest BCUT2D eigenvalue weighted by Gasteiger charge is 2.33. The summed E-state index contributed by atoms with van der Waals surface area (Å²) in [4.78, 5) is 15.6. The van der Waals surface area contributed by atoms with Gasteiger partial charge in [-0.1, -0.05) is 12.8 Å². The standard InChI is InChI=1S/C15H22N2O3/c1-10-7-12(13(14(19)20)11(2)17-10)16-8-15(9-18)5-3-4-6-15/h7,18H,3-6,8-9H2,1-2H3,(H,16,17)(H,19,20). The summed E-state index contributed by atoms with van der Waals surface area (Å²) in [7, 11) is 0. The molecule has 1 fully saturated rings. The molecule has 1 aromatic heterocycles. The van der Waals surface area contributed by atoms with Gasteiger partial charge in [0.1, 0.15) is 5.56 Å². The smallest absolute Gasteiger partial charge is 0.339 e. The number of nitrogens with one attached hydrogen (secondary N) is 1. The lowest BCUT2D eigenvalue weighted by molar-refractivity contribution is 0.0696. The Balaban J connectivity index is 2.22. The molecule has 0 amide bonds. The number of aryl methyl sites for hydroxylation is 2. The summed E-state index contributed by atoms with van der Waals surface area (Å²) < 4.78 is 0. The van der Waals surface area contributed by atoms with Gasteiger partial charge in [-0.2, -0.15) is 0 Å². The van der Waals surface area contributed by atoms with E-state index in [0.29, 0.717) is 17.9 Å². The molecule has 20 heavy (non-hydrogen) atoms. The lowest BCUT2D eigenvalue weighted by atomic mass is 9.87. The first-order valence-electron chi connectivity index (χ1n) is 7.04. The second kappa shape index (κ2) is 5.79. The molecular formula is C15H22N2O3. The van der Waals surface area contributed by atoms with E-state index in [0.717, 1.165) is 31.4 Å². The predicted octanol–water partition coefficient (Wildman–Crippen LogP) is 2.36. The Labute approximate surface area is 119 Å². The number of aromatic carboxylic acids is 1. The van der Waals surface area contributed by atoms with Gasteiger partial charge in [-0.25, -0.2) is 4.79 Å². The van der Waals surface area contributed by atoms with Gasteiger partial charge < -0.3 is 15.5 Å². The van der Waals surface area contributed by atoms with Crippen LogP contribution in [0.1, 0.15) is 47.4 Å². The number of aromatic nitrogens is 1. The first-order valence-corrected chi connectivity index (χ1v) is 7.04. The van der Waals surface area contributed by atoms with Crippen molar-refractivity contribution in [3.8, 4) is 0 Å². The third-order valence-corrected chi connectivity index (χ3v) is 4.20. The van der Waals surface area contributed by atoms with Crippen molar-refractivity contribution in [2.24, 2.45) is 5.41 Å². The van der Waals surface area contributed by atoms with E-state index in [1.807, 2.05) is 6.92 Å². The number of rotatable bonds is 5. The summed E-state index contributed by atoms with van der Waals surface area (Å²) in [6.07, 6.45) is 4.23. The lowest BCUT2D eigenvalue weighted by Crippen LogP contribution is -2.31. The van der Waals surface area contributed by atoms with E-state index in [1.54, 1.807) is 13.0 Å². The maximum Gasteiger partial charge on any atom is 0.339 e. The van der Waals surface area contributed by atoms with E-state index in [9.17, 15) is 15.0 Å². The largest absolute Gasteiger partial charge is 0.478 e. The Morgan fingerprint density at radius 3 is 2.60 bits per heavy atom. The highest BCUT2D eigenvalue weighted by Crippen LogP contribution is 2.38. The molecule has 0 unspecified atom stereocenters. The maximum atomic E-state index is 11.4. The van der Waals surface area contributed by atoms with Crippen molar-refractivity contribution in [1.29, 1.82) is 0 Å². The minimum absolute atomic E-state index is 0.110. The van der Waals surface area contributed by atoms with Crippen LogP contribution in [0.5, 0.6) is 0 Å². The molecule has 1 aliphatic rings. The molecule has 3 N–H and O–H groups in total. The second-order valence-corrected chi connectivity index (χ2v) is 5.80. The molecule has 1 heterocycles. The monoisotopic (exact) mass is 278 g/mol. The summed E-state index contributed by atoms with van der Waals surface area (Å²) in [5.74, 6) is -0.970. The maximum absolute atomic E-state index is 11.4. The number of carbonyl (C=O) groups is 1. The average Bonchev–Trinajstić information content (AvgIpc) is 2.84. The minimum Gasteiger partial charge on any atom is -0.478 e. The third kappa shape index (κ3) is 2.93. The van der Waals surface area contributed by atoms with Crippen LogP contribution >= 0.6 is 0 Å². The van der Waals surface area contributed by atoms with Crippen LogP contribution < -0.4 is 5.32 Å². The lowest BCUT2D eigenvalue weighted by Gasteiger charge is -2.27. The topological polar surface area (TPSA) is 82.5 Å². The van der Waals surface area contributed by atoms with Crippen LogP contribution in [-0.2, 0) is 0 Å².